The van der Waals surface area contributed by atoms with E-state index in [1.807, 2.05) is 0 Å². The van der Waals surface area contributed by atoms with Crippen molar-refractivity contribution in [1.29, 1.82) is 0 Å². The summed E-state index contributed by atoms with van der Waals surface area (Å²) < 4.78 is 25.9. The molecule has 0 spiro atoms. The number of anilines is 1. The molecule has 2 heterocycles. The van der Waals surface area contributed by atoms with Crippen LogP contribution in [0.25, 0.3) is 0 Å². The smallest absolute Gasteiger partial charge is 0.337 e. The summed E-state index contributed by atoms with van der Waals surface area (Å²) in [4.78, 5) is 17.1. The molecule has 0 saturated carbocycles. The van der Waals surface area contributed by atoms with Crippen LogP contribution < -0.4 is 4.72 Å². The van der Waals surface area contributed by atoms with Crippen LogP contribution in [-0.2, 0) is 10.0 Å². The van der Waals surface area contributed by atoms with E-state index in [-0.39, 0.29) is 16.1 Å². The SMILES string of the molecule is O=C(O)c1cncc(NS(=O)(=O)c2cc[nH]c2)c1. The van der Waals surface area contributed by atoms with Gasteiger partial charge in [-0.25, -0.2) is 13.2 Å². The lowest BCUT2D eigenvalue weighted by atomic mass is 10.3. The van der Waals surface area contributed by atoms with Crippen molar-refractivity contribution in [1.82, 2.24) is 9.97 Å². The summed E-state index contributed by atoms with van der Waals surface area (Å²) in [5, 5.41) is 8.77. The average molecular weight is 267 g/mol. The number of sulfonamides is 1. The van der Waals surface area contributed by atoms with Gasteiger partial charge >= 0.3 is 5.97 Å². The average Bonchev–Trinajstić information content (AvgIpc) is 2.82. The number of carboxylic acid groups (broad SMARTS) is 1. The fraction of sp³-hybridized carbons (Fsp3) is 0. The number of pyridine rings is 1. The Morgan fingerprint density at radius 1 is 1.39 bits per heavy atom. The minimum Gasteiger partial charge on any atom is -0.478 e. The van der Waals surface area contributed by atoms with Crippen LogP contribution in [0.5, 0.6) is 0 Å². The molecule has 0 aliphatic heterocycles. The maximum absolute atomic E-state index is 11.8. The van der Waals surface area contributed by atoms with Gasteiger partial charge in [-0.05, 0) is 12.1 Å². The van der Waals surface area contributed by atoms with E-state index in [1.165, 1.54) is 30.7 Å². The van der Waals surface area contributed by atoms with E-state index < -0.39 is 16.0 Å². The van der Waals surface area contributed by atoms with E-state index in [2.05, 4.69) is 14.7 Å². The lowest BCUT2D eigenvalue weighted by molar-refractivity contribution is 0.0696. The quantitative estimate of drug-likeness (QED) is 0.762. The summed E-state index contributed by atoms with van der Waals surface area (Å²) in [5.41, 5.74) is 0.000341. The molecule has 0 aromatic carbocycles. The third-order valence-electron chi connectivity index (χ3n) is 2.12. The number of nitrogens with one attached hydrogen (secondary N) is 2. The van der Waals surface area contributed by atoms with E-state index in [4.69, 9.17) is 5.11 Å². The maximum atomic E-state index is 11.8. The highest BCUT2D eigenvalue weighted by Gasteiger charge is 2.15. The molecule has 2 aromatic heterocycles. The Labute approximate surface area is 103 Å². The third kappa shape index (κ3) is 2.48. The molecule has 0 fully saturated rings. The topological polar surface area (TPSA) is 112 Å². The predicted octanol–water partition coefficient (Wildman–Crippen LogP) is 0.909. The van der Waals surface area contributed by atoms with Crippen molar-refractivity contribution < 1.29 is 18.3 Å². The number of aromatic amines is 1. The molecule has 18 heavy (non-hydrogen) atoms. The van der Waals surface area contributed by atoms with Gasteiger partial charge < -0.3 is 10.1 Å². The van der Waals surface area contributed by atoms with Crippen molar-refractivity contribution in [2.75, 3.05) is 4.72 Å². The van der Waals surface area contributed by atoms with E-state index in [9.17, 15) is 13.2 Å². The second-order valence-corrected chi connectivity index (χ2v) is 5.10. The molecule has 0 amide bonds. The Bertz CT molecular complexity index is 664. The minimum atomic E-state index is -3.73. The molecule has 0 bridgehead atoms. The van der Waals surface area contributed by atoms with Gasteiger partial charge in [-0.3, -0.25) is 9.71 Å². The monoisotopic (exact) mass is 267 g/mol. The Balaban J connectivity index is 2.30. The Morgan fingerprint density at radius 3 is 2.78 bits per heavy atom. The van der Waals surface area contributed by atoms with Gasteiger partial charge in [0.05, 0.1) is 17.4 Å². The van der Waals surface area contributed by atoms with Crippen molar-refractivity contribution in [3.05, 3.63) is 42.5 Å². The summed E-state index contributed by atoms with van der Waals surface area (Å²) >= 11 is 0. The second-order valence-electron chi connectivity index (χ2n) is 3.42. The first-order chi connectivity index (χ1) is 8.49. The van der Waals surface area contributed by atoms with Crippen LogP contribution in [0, 0.1) is 0 Å². The standard InChI is InChI=1S/C10H9N3O4S/c14-10(15)7-3-8(5-12-4-7)13-18(16,17)9-1-2-11-6-9/h1-6,11,13H,(H,14,15). The largest absolute Gasteiger partial charge is 0.478 e. The molecule has 0 aliphatic rings. The van der Waals surface area contributed by atoms with Crippen LogP contribution in [0.4, 0.5) is 5.69 Å². The van der Waals surface area contributed by atoms with Crippen molar-refractivity contribution in [3.63, 3.8) is 0 Å². The first kappa shape index (κ1) is 12.1. The van der Waals surface area contributed by atoms with Crippen LogP contribution in [0.3, 0.4) is 0 Å². The highest BCUT2D eigenvalue weighted by Crippen LogP contribution is 2.15. The molecule has 2 rings (SSSR count). The number of H-pyrrole nitrogens is 1. The van der Waals surface area contributed by atoms with E-state index in [1.54, 1.807) is 0 Å². The molecule has 94 valence electrons. The summed E-state index contributed by atoms with van der Waals surface area (Å²) in [7, 11) is -3.73. The molecule has 0 radical (unpaired) electrons. The van der Waals surface area contributed by atoms with Gasteiger partial charge in [-0.2, -0.15) is 0 Å². The number of hydrogen-bond acceptors (Lipinski definition) is 4. The lowest BCUT2D eigenvalue weighted by Crippen LogP contribution is -2.13. The lowest BCUT2D eigenvalue weighted by Gasteiger charge is -2.06. The highest BCUT2D eigenvalue weighted by molar-refractivity contribution is 7.92. The molecule has 0 atom stereocenters. The highest BCUT2D eigenvalue weighted by atomic mass is 32.2. The van der Waals surface area contributed by atoms with E-state index >= 15 is 0 Å². The summed E-state index contributed by atoms with van der Waals surface area (Å²) in [6.07, 6.45) is 5.16. The molecule has 0 unspecified atom stereocenters. The Hall–Kier alpha value is -2.35. The summed E-state index contributed by atoms with van der Waals surface area (Å²) in [6, 6.07) is 2.58. The van der Waals surface area contributed by atoms with Gasteiger partial charge in [-0.15, -0.1) is 0 Å². The molecule has 2 aromatic rings. The zero-order valence-electron chi connectivity index (χ0n) is 8.99. The number of hydrogen-bond donors (Lipinski definition) is 3. The fourth-order valence-corrected chi connectivity index (χ4v) is 2.31. The Morgan fingerprint density at radius 2 is 2.17 bits per heavy atom. The first-order valence-corrected chi connectivity index (χ1v) is 6.31. The van der Waals surface area contributed by atoms with Gasteiger partial charge in [0.15, 0.2) is 0 Å². The number of aromatic nitrogens is 2. The van der Waals surface area contributed by atoms with Crippen LogP contribution in [-0.4, -0.2) is 29.5 Å². The summed E-state index contributed by atoms with van der Waals surface area (Å²) in [6.45, 7) is 0. The van der Waals surface area contributed by atoms with Crippen molar-refractivity contribution in [2.45, 2.75) is 4.90 Å². The number of rotatable bonds is 4. The zero-order valence-corrected chi connectivity index (χ0v) is 9.81. The van der Waals surface area contributed by atoms with Crippen LogP contribution in [0.2, 0.25) is 0 Å². The maximum Gasteiger partial charge on any atom is 0.337 e. The van der Waals surface area contributed by atoms with Gasteiger partial charge in [-0.1, -0.05) is 0 Å². The number of aromatic carboxylic acids is 1. The number of carboxylic acids is 1. The molecule has 0 saturated heterocycles. The van der Waals surface area contributed by atoms with Crippen molar-refractivity contribution in [2.24, 2.45) is 0 Å². The molecular formula is C10H9N3O4S. The van der Waals surface area contributed by atoms with Gasteiger partial charge in [0.25, 0.3) is 10.0 Å². The van der Waals surface area contributed by atoms with E-state index in [0.29, 0.717) is 0 Å². The molecular weight excluding hydrogens is 258 g/mol. The fourth-order valence-electron chi connectivity index (χ4n) is 1.30. The Kier molecular flexibility index (Phi) is 3.02. The van der Waals surface area contributed by atoms with Crippen LogP contribution >= 0.6 is 0 Å². The zero-order chi connectivity index (χ0) is 13.2. The van der Waals surface area contributed by atoms with E-state index in [0.717, 1.165) is 6.20 Å². The molecule has 0 aliphatic carbocycles. The first-order valence-electron chi connectivity index (χ1n) is 4.83. The molecule has 8 heteroatoms. The van der Waals surface area contributed by atoms with Crippen molar-refractivity contribution in [3.8, 4) is 0 Å². The van der Waals surface area contributed by atoms with Gasteiger partial charge in [0.1, 0.15) is 4.90 Å². The number of carbonyl (C=O) groups is 1. The predicted molar refractivity (Wildman–Crippen MR) is 62.8 cm³/mol. The normalized spacial score (nSPS) is 11.1. The van der Waals surface area contributed by atoms with Crippen molar-refractivity contribution >= 4 is 21.7 Å². The molecule has 7 nitrogen and oxygen atoms in total. The van der Waals surface area contributed by atoms with Gasteiger partial charge in [0.2, 0.25) is 0 Å². The number of nitrogens with zero attached hydrogens (tertiary/aromatic N) is 1. The van der Waals surface area contributed by atoms with Crippen LogP contribution in [0.15, 0.2) is 41.8 Å². The minimum absolute atomic E-state index is 0.0585. The van der Waals surface area contributed by atoms with Gasteiger partial charge in [0, 0.05) is 18.6 Å². The molecule has 3 N–H and O–H groups in total. The third-order valence-corrected chi connectivity index (χ3v) is 3.50. The second kappa shape index (κ2) is 4.49. The van der Waals surface area contributed by atoms with Crippen LogP contribution in [0.1, 0.15) is 10.4 Å². The summed E-state index contributed by atoms with van der Waals surface area (Å²) in [5.74, 6) is -1.18.